The lowest BCUT2D eigenvalue weighted by Gasteiger charge is -2.35. The lowest BCUT2D eigenvalue weighted by molar-refractivity contribution is -0.146. The monoisotopic (exact) mass is 619 g/mol. The van der Waals surface area contributed by atoms with E-state index in [0.29, 0.717) is 25.9 Å². The zero-order valence-electron chi connectivity index (χ0n) is 27.8. The summed E-state index contributed by atoms with van der Waals surface area (Å²) >= 11 is 0. The fourth-order valence-corrected chi connectivity index (χ4v) is 6.06. The van der Waals surface area contributed by atoms with Gasteiger partial charge in [0.2, 0.25) is 11.8 Å². The number of hydrogen-bond acceptors (Lipinski definition) is 6. The molecule has 0 aliphatic heterocycles. The van der Waals surface area contributed by atoms with Gasteiger partial charge in [0.25, 0.3) is 0 Å². The number of carbonyl (C=O) groups excluding carboxylic acids is 2. The van der Waals surface area contributed by atoms with Crippen LogP contribution in [0.2, 0.25) is 0 Å². The van der Waals surface area contributed by atoms with Gasteiger partial charge in [-0.2, -0.15) is 0 Å². The summed E-state index contributed by atoms with van der Waals surface area (Å²) in [5.74, 6) is 0.360. The van der Waals surface area contributed by atoms with Crippen molar-refractivity contribution in [2.24, 2.45) is 5.41 Å². The summed E-state index contributed by atoms with van der Waals surface area (Å²) in [6, 6.07) is 14.3. The molecule has 2 aromatic carbocycles. The Hall–Kier alpha value is -3.46. The van der Waals surface area contributed by atoms with Gasteiger partial charge in [-0.3, -0.25) is 9.59 Å². The summed E-state index contributed by atoms with van der Waals surface area (Å²) in [6.07, 6.45) is 6.47. The number of rotatable bonds is 19. The van der Waals surface area contributed by atoms with E-state index in [4.69, 9.17) is 9.47 Å². The third-order valence-electron chi connectivity index (χ3n) is 8.76. The van der Waals surface area contributed by atoms with Gasteiger partial charge in [-0.25, -0.2) is 0 Å². The molecule has 45 heavy (non-hydrogen) atoms. The first-order valence-corrected chi connectivity index (χ1v) is 16.1. The topological polar surface area (TPSA) is 100 Å². The fourth-order valence-electron chi connectivity index (χ4n) is 6.06. The number of carbonyl (C=O) groups is 2. The summed E-state index contributed by atoms with van der Waals surface area (Å²) in [4.78, 5) is 28.9. The Morgan fingerprint density at radius 1 is 1.13 bits per heavy atom. The number of unbranched alkanes of at least 4 members (excludes halogenated alkanes) is 1. The van der Waals surface area contributed by atoms with E-state index in [1.807, 2.05) is 62.4 Å². The molecule has 0 aromatic heterocycles. The van der Waals surface area contributed by atoms with Gasteiger partial charge in [0.1, 0.15) is 11.8 Å². The smallest absolute Gasteiger partial charge is 0.243 e. The van der Waals surface area contributed by atoms with Crippen molar-refractivity contribution in [1.82, 2.24) is 15.5 Å². The van der Waals surface area contributed by atoms with E-state index in [1.165, 1.54) is 0 Å². The van der Waals surface area contributed by atoms with Crippen LogP contribution in [0.4, 0.5) is 0 Å². The minimum absolute atomic E-state index is 0.0738. The van der Waals surface area contributed by atoms with Gasteiger partial charge < -0.3 is 30.1 Å². The number of nitrogens with zero attached hydrogens (tertiary/aromatic N) is 1. The summed E-state index contributed by atoms with van der Waals surface area (Å²) in [6.45, 7) is 14.3. The average molecular weight is 620 g/mol. The molecular weight excluding hydrogens is 566 g/mol. The van der Waals surface area contributed by atoms with Crippen molar-refractivity contribution in [3.05, 3.63) is 90.5 Å². The van der Waals surface area contributed by atoms with Crippen molar-refractivity contribution in [2.75, 3.05) is 27.3 Å². The largest absolute Gasteiger partial charge is 0.497 e. The van der Waals surface area contributed by atoms with E-state index in [9.17, 15) is 14.7 Å². The quantitative estimate of drug-likeness (QED) is 0.175. The van der Waals surface area contributed by atoms with Gasteiger partial charge >= 0.3 is 0 Å². The first-order chi connectivity index (χ1) is 21.6. The number of likely N-dealkylation sites (N-methyl/N-ethyl adjacent to an activating group) is 1. The van der Waals surface area contributed by atoms with Crippen LogP contribution in [0.5, 0.6) is 5.75 Å². The molecule has 3 N–H and O–H groups in total. The summed E-state index contributed by atoms with van der Waals surface area (Å²) in [5.41, 5.74) is 2.54. The number of methoxy groups -OCH3 is 1. The standard InChI is InChI=1S/C37H53N3O5/c1-8-11-20-37(4,5)36(43)40(6)32(15-9-2)35(42)39-31(22-26-16-13-12-14-17-26)33(41)25-38-30-24-34(45-21-10-3)28-19-18-27(44-7)23-29(28)30/h9-10,12-14,16-19,23,30-34,38,41H,2-3,8,11,15,20-22,24-25H2,1,4-7H3,(H,39,42)/t30-,31?,32-,33?,34+/m0/s1. The van der Waals surface area contributed by atoms with Gasteiger partial charge in [0, 0.05) is 25.0 Å². The molecule has 0 spiro atoms. The highest BCUT2D eigenvalue weighted by molar-refractivity contribution is 5.90. The van der Waals surface area contributed by atoms with Crippen molar-refractivity contribution in [2.45, 2.75) is 89.6 Å². The average Bonchev–Trinajstić information content (AvgIpc) is 3.39. The van der Waals surface area contributed by atoms with Crippen LogP contribution in [0.1, 0.15) is 81.7 Å². The molecule has 8 heteroatoms. The molecule has 1 aliphatic carbocycles. The van der Waals surface area contributed by atoms with Crippen LogP contribution in [0.3, 0.4) is 0 Å². The van der Waals surface area contributed by atoms with E-state index in [2.05, 4.69) is 30.7 Å². The lowest BCUT2D eigenvalue weighted by Crippen LogP contribution is -2.56. The van der Waals surface area contributed by atoms with Gasteiger partial charge in [0.15, 0.2) is 0 Å². The number of benzene rings is 2. The number of ether oxygens (including phenoxy) is 2. The van der Waals surface area contributed by atoms with E-state index in [-0.39, 0.29) is 30.5 Å². The molecule has 0 heterocycles. The van der Waals surface area contributed by atoms with Crippen molar-refractivity contribution < 1.29 is 24.2 Å². The highest BCUT2D eigenvalue weighted by Crippen LogP contribution is 2.42. The van der Waals surface area contributed by atoms with Crippen molar-refractivity contribution in [3.63, 3.8) is 0 Å². The predicted octanol–water partition coefficient (Wildman–Crippen LogP) is 5.68. The Bertz CT molecular complexity index is 1260. The number of fused-ring (bicyclic) bond motifs is 1. The van der Waals surface area contributed by atoms with E-state index in [0.717, 1.165) is 41.7 Å². The maximum atomic E-state index is 13.8. The van der Waals surface area contributed by atoms with Gasteiger partial charge in [-0.05, 0) is 54.5 Å². The number of hydrogen-bond donors (Lipinski definition) is 3. The van der Waals surface area contributed by atoms with E-state index >= 15 is 0 Å². The number of amides is 2. The molecule has 1 aliphatic rings. The minimum Gasteiger partial charge on any atom is -0.497 e. The van der Waals surface area contributed by atoms with Crippen LogP contribution in [0.25, 0.3) is 0 Å². The van der Waals surface area contributed by atoms with Crippen LogP contribution in [0, 0.1) is 5.41 Å². The Balaban J connectivity index is 1.79. The SMILES string of the molecule is C=CCO[C@@H]1C[C@H](NCC(O)C(Cc2ccccc2)NC(=O)[C@H](CC=C)N(C)C(=O)C(C)(C)CCCC)c2cc(OC)ccc21. The zero-order valence-corrected chi connectivity index (χ0v) is 27.8. The lowest BCUT2D eigenvalue weighted by atomic mass is 9.85. The third-order valence-corrected chi connectivity index (χ3v) is 8.76. The molecule has 246 valence electrons. The molecule has 5 atom stereocenters. The Labute approximate surface area is 269 Å². The molecule has 3 rings (SSSR count). The highest BCUT2D eigenvalue weighted by Gasteiger charge is 2.37. The maximum Gasteiger partial charge on any atom is 0.243 e. The minimum atomic E-state index is -0.914. The van der Waals surface area contributed by atoms with Gasteiger partial charge in [-0.1, -0.05) is 82.2 Å². The Kier molecular flexibility index (Phi) is 13.8. The maximum absolute atomic E-state index is 13.8. The molecule has 0 radical (unpaired) electrons. The molecule has 2 amide bonds. The van der Waals surface area contributed by atoms with Crippen molar-refractivity contribution in [3.8, 4) is 5.75 Å². The molecular formula is C37H53N3O5. The van der Waals surface area contributed by atoms with Crippen LogP contribution < -0.4 is 15.4 Å². The zero-order chi connectivity index (χ0) is 33.0. The molecule has 8 nitrogen and oxygen atoms in total. The van der Waals surface area contributed by atoms with Crippen molar-refractivity contribution >= 4 is 11.8 Å². The number of aliphatic hydroxyl groups is 1. The molecule has 2 aromatic rings. The summed E-state index contributed by atoms with van der Waals surface area (Å²) in [5, 5.41) is 18.2. The fraction of sp³-hybridized carbons (Fsp3) is 0.514. The second kappa shape index (κ2) is 17.3. The Morgan fingerprint density at radius 2 is 1.87 bits per heavy atom. The van der Waals surface area contributed by atoms with E-state index in [1.54, 1.807) is 31.2 Å². The second-order valence-electron chi connectivity index (χ2n) is 12.6. The van der Waals surface area contributed by atoms with Gasteiger partial charge in [0.05, 0.1) is 32.0 Å². The first kappa shape index (κ1) is 36.0. The number of aliphatic hydroxyl groups excluding tert-OH is 1. The summed E-state index contributed by atoms with van der Waals surface area (Å²) in [7, 11) is 3.33. The molecule has 2 unspecified atom stereocenters. The predicted molar refractivity (Wildman–Crippen MR) is 180 cm³/mol. The second-order valence-corrected chi connectivity index (χ2v) is 12.6. The Morgan fingerprint density at radius 3 is 2.51 bits per heavy atom. The van der Waals surface area contributed by atoms with E-state index < -0.39 is 23.6 Å². The highest BCUT2D eigenvalue weighted by atomic mass is 16.5. The number of nitrogens with one attached hydrogen (secondary N) is 2. The van der Waals surface area contributed by atoms with Crippen LogP contribution >= 0.6 is 0 Å². The molecule has 0 bridgehead atoms. The summed E-state index contributed by atoms with van der Waals surface area (Å²) < 4.78 is 11.5. The first-order valence-electron chi connectivity index (χ1n) is 16.1. The third kappa shape index (κ3) is 9.76. The van der Waals surface area contributed by atoms with Crippen LogP contribution in [0.15, 0.2) is 73.8 Å². The van der Waals surface area contributed by atoms with Crippen LogP contribution in [-0.4, -0.2) is 67.3 Å². The normalized spacial score (nSPS) is 17.9. The van der Waals surface area contributed by atoms with Crippen LogP contribution in [-0.2, 0) is 20.7 Å². The molecule has 0 fully saturated rings. The van der Waals surface area contributed by atoms with Gasteiger partial charge in [-0.15, -0.1) is 13.2 Å². The van der Waals surface area contributed by atoms with Crippen molar-refractivity contribution in [1.29, 1.82) is 0 Å². The molecule has 0 saturated heterocycles. The molecule has 0 saturated carbocycles.